The first-order valence-electron chi connectivity index (χ1n) is 6.20. The fraction of sp³-hybridized carbons (Fsp3) is 0.412. The molecular formula is C17H18. The second kappa shape index (κ2) is 4.31. The average Bonchev–Trinajstić information content (AvgIpc) is 2.96. The molecule has 0 aromatic heterocycles. The smallest absolute Gasteiger partial charge is 0.0211 e. The van der Waals surface area contributed by atoms with Gasteiger partial charge in [-0.05, 0) is 42.2 Å². The summed E-state index contributed by atoms with van der Waals surface area (Å²) in [4.78, 5) is 0. The van der Waals surface area contributed by atoms with Crippen LogP contribution in [-0.4, -0.2) is 0 Å². The fourth-order valence-electron chi connectivity index (χ4n) is 3.45. The molecule has 0 bridgehead atoms. The van der Waals surface area contributed by atoms with Crippen LogP contribution in [0.3, 0.4) is 0 Å². The van der Waals surface area contributed by atoms with Crippen LogP contribution < -0.4 is 0 Å². The normalized spacial score (nSPS) is 21.3. The first-order valence-corrected chi connectivity index (χ1v) is 6.20. The summed E-state index contributed by atoms with van der Waals surface area (Å²) in [6, 6.07) is 0. The molecule has 0 heteroatoms. The van der Waals surface area contributed by atoms with Crippen LogP contribution >= 0.6 is 0 Å². The van der Waals surface area contributed by atoms with E-state index in [4.69, 9.17) is 12.8 Å². The Morgan fingerprint density at radius 3 is 2.12 bits per heavy atom. The van der Waals surface area contributed by atoms with E-state index in [1.807, 2.05) is 0 Å². The lowest BCUT2D eigenvalue weighted by Gasteiger charge is -2.27. The van der Waals surface area contributed by atoms with E-state index in [0.717, 1.165) is 17.6 Å². The van der Waals surface area contributed by atoms with E-state index in [0.29, 0.717) is 0 Å². The Morgan fingerprint density at radius 1 is 1.00 bits per heavy atom. The van der Waals surface area contributed by atoms with E-state index in [1.165, 1.54) is 43.3 Å². The van der Waals surface area contributed by atoms with E-state index < -0.39 is 0 Å². The minimum absolute atomic E-state index is 0.262. The van der Waals surface area contributed by atoms with Gasteiger partial charge in [-0.1, -0.05) is 37.8 Å². The van der Waals surface area contributed by atoms with Crippen LogP contribution in [0.15, 0.2) is 35.5 Å². The molecule has 2 aliphatic rings. The van der Waals surface area contributed by atoms with Crippen molar-refractivity contribution in [3.63, 3.8) is 0 Å². The molecule has 0 aromatic rings. The highest BCUT2D eigenvalue weighted by Crippen LogP contribution is 2.56. The van der Waals surface area contributed by atoms with E-state index in [1.54, 1.807) is 0 Å². The summed E-state index contributed by atoms with van der Waals surface area (Å²) in [7, 11) is 0. The topological polar surface area (TPSA) is 0 Å². The van der Waals surface area contributed by atoms with Gasteiger partial charge >= 0.3 is 0 Å². The summed E-state index contributed by atoms with van der Waals surface area (Å²) in [6.07, 6.45) is 18.2. The van der Waals surface area contributed by atoms with Crippen molar-refractivity contribution < 1.29 is 0 Å². The molecule has 17 heavy (non-hydrogen) atoms. The second-order valence-corrected chi connectivity index (χ2v) is 5.09. The van der Waals surface area contributed by atoms with Crippen molar-refractivity contribution in [3.8, 4) is 24.7 Å². The molecule has 0 nitrogen and oxygen atoms in total. The first-order chi connectivity index (χ1) is 8.14. The van der Waals surface area contributed by atoms with E-state index >= 15 is 0 Å². The molecule has 0 heterocycles. The van der Waals surface area contributed by atoms with Crippen LogP contribution in [0.2, 0.25) is 0 Å². The van der Waals surface area contributed by atoms with Gasteiger partial charge in [0.1, 0.15) is 0 Å². The SMILES string of the molecule is C#CC(=C)C1=C(C(=C)C#C)C2(CCCC2)CC1. The number of hydrogen-bond acceptors (Lipinski definition) is 0. The van der Waals surface area contributed by atoms with Gasteiger partial charge < -0.3 is 0 Å². The molecule has 2 aliphatic carbocycles. The van der Waals surface area contributed by atoms with Crippen LogP contribution in [0.25, 0.3) is 0 Å². The molecule has 0 radical (unpaired) electrons. The van der Waals surface area contributed by atoms with Crippen molar-refractivity contribution in [2.45, 2.75) is 38.5 Å². The van der Waals surface area contributed by atoms with E-state index in [9.17, 15) is 0 Å². The third-order valence-electron chi connectivity index (χ3n) is 4.26. The van der Waals surface area contributed by atoms with Gasteiger partial charge in [0.15, 0.2) is 0 Å². The van der Waals surface area contributed by atoms with E-state index in [2.05, 4.69) is 25.0 Å². The monoisotopic (exact) mass is 222 g/mol. The lowest BCUT2D eigenvalue weighted by molar-refractivity contribution is 0.370. The lowest BCUT2D eigenvalue weighted by Crippen LogP contribution is -2.16. The van der Waals surface area contributed by atoms with Crippen molar-refractivity contribution >= 4 is 0 Å². The summed E-state index contributed by atoms with van der Waals surface area (Å²) in [5.74, 6) is 5.37. The highest BCUT2D eigenvalue weighted by atomic mass is 14.5. The summed E-state index contributed by atoms with van der Waals surface area (Å²) in [6.45, 7) is 8.01. The Labute approximate surface area is 104 Å². The van der Waals surface area contributed by atoms with Crippen molar-refractivity contribution in [3.05, 3.63) is 35.5 Å². The third-order valence-corrected chi connectivity index (χ3v) is 4.26. The van der Waals surface area contributed by atoms with Crippen LogP contribution in [0, 0.1) is 30.1 Å². The minimum Gasteiger partial charge on any atom is -0.115 e. The van der Waals surface area contributed by atoms with Gasteiger partial charge in [-0.3, -0.25) is 0 Å². The van der Waals surface area contributed by atoms with Gasteiger partial charge in [0.05, 0.1) is 0 Å². The summed E-state index contributed by atoms with van der Waals surface area (Å²) < 4.78 is 0. The van der Waals surface area contributed by atoms with Gasteiger partial charge in [0, 0.05) is 11.1 Å². The maximum Gasteiger partial charge on any atom is 0.0211 e. The molecule has 0 aliphatic heterocycles. The zero-order chi connectivity index (χ0) is 12.5. The van der Waals surface area contributed by atoms with E-state index in [-0.39, 0.29) is 5.41 Å². The third kappa shape index (κ3) is 1.75. The molecule has 0 amide bonds. The Morgan fingerprint density at radius 2 is 1.59 bits per heavy atom. The lowest BCUT2D eigenvalue weighted by atomic mass is 9.76. The highest BCUT2D eigenvalue weighted by Gasteiger charge is 2.43. The van der Waals surface area contributed by atoms with Crippen LogP contribution in [0.5, 0.6) is 0 Å². The number of terminal acetylenes is 2. The van der Waals surface area contributed by atoms with Gasteiger partial charge in [-0.15, -0.1) is 12.8 Å². The Hall–Kier alpha value is -1.66. The number of hydrogen-bond donors (Lipinski definition) is 0. The van der Waals surface area contributed by atoms with Gasteiger partial charge in [0.2, 0.25) is 0 Å². The quantitative estimate of drug-likeness (QED) is 0.619. The van der Waals surface area contributed by atoms with Crippen molar-refractivity contribution in [2.75, 3.05) is 0 Å². The van der Waals surface area contributed by atoms with Gasteiger partial charge in [0.25, 0.3) is 0 Å². The van der Waals surface area contributed by atoms with Crippen molar-refractivity contribution in [2.24, 2.45) is 5.41 Å². The molecular weight excluding hydrogens is 204 g/mol. The molecule has 0 atom stereocenters. The fourth-order valence-corrected chi connectivity index (χ4v) is 3.45. The second-order valence-electron chi connectivity index (χ2n) is 5.09. The maximum atomic E-state index is 5.54. The molecule has 0 unspecified atom stereocenters. The highest BCUT2D eigenvalue weighted by molar-refractivity contribution is 5.59. The maximum absolute atomic E-state index is 5.54. The zero-order valence-electron chi connectivity index (χ0n) is 10.3. The van der Waals surface area contributed by atoms with Crippen molar-refractivity contribution in [1.82, 2.24) is 0 Å². The molecule has 1 saturated carbocycles. The Bertz CT molecular complexity index is 479. The predicted octanol–water partition coefficient (Wildman–Crippen LogP) is 4.02. The molecule has 1 fully saturated rings. The van der Waals surface area contributed by atoms with Gasteiger partial charge in [-0.25, -0.2) is 0 Å². The Balaban J connectivity index is 2.52. The largest absolute Gasteiger partial charge is 0.115 e. The summed E-state index contributed by atoms with van der Waals surface area (Å²) in [5, 5.41) is 0. The first kappa shape index (κ1) is 11.8. The Kier molecular flexibility index (Phi) is 2.99. The molecule has 1 spiro atoms. The van der Waals surface area contributed by atoms with Crippen LogP contribution in [-0.2, 0) is 0 Å². The molecule has 0 N–H and O–H groups in total. The molecule has 86 valence electrons. The molecule has 2 rings (SSSR count). The number of rotatable bonds is 2. The minimum atomic E-state index is 0.262. The summed E-state index contributed by atoms with van der Waals surface area (Å²) in [5.41, 5.74) is 4.31. The molecule has 0 saturated heterocycles. The predicted molar refractivity (Wildman–Crippen MR) is 73.1 cm³/mol. The molecule has 0 aromatic carbocycles. The average molecular weight is 222 g/mol. The summed E-state index contributed by atoms with van der Waals surface area (Å²) >= 11 is 0. The van der Waals surface area contributed by atoms with Gasteiger partial charge in [-0.2, -0.15) is 0 Å². The standard InChI is InChI=1S/C17H18/c1-5-13(3)15-9-12-17(10-7-8-11-17)16(15)14(4)6-2/h1-2H,3-4,7-12H2. The number of allylic oxidation sites excluding steroid dienone is 4. The zero-order valence-corrected chi connectivity index (χ0v) is 10.3. The van der Waals surface area contributed by atoms with Crippen LogP contribution in [0.1, 0.15) is 38.5 Å². The van der Waals surface area contributed by atoms with Crippen molar-refractivity contribution in [1.29, 1.82) is 0 Å². The van der Waals surface area contributed by atoms with Crippen LogP contribution in [0.4, 0.5) is 0 Å².